The molecule has 138 valence electrons. The van der Waals surface area contributed by atoms with Crippen molar-refractivity contribution in [3.05, 3.63) is 65.0 Å². The lowest BCUT2D eigenvalue weighted by Crippen LogP contribution is -2.31. The highest BCUT2D eigenvalue weighted by molar-refractivity contribution is 5.95. The molecular weight excluding hydrogens is 342 g/mol. The number of amides is 1. The Bertz CT molecular complexity index is 969. The molecule has 4 rings (SSSR count). The quantitative estimate of drug-likeness (QED) is 0.771. The number of carbonyl (C=O) groups excluding carboxylic acids is 1. The van der Waals surface area contributed by atoms with Crippen LogP contribution in [-0.4, -0.2) is 33.2 Å². The number of hydrogen-bond acceptors (Lipinski definition) is 5. The summed E-state index contributed by atoms with van der Waals surface area (Å²) in [6.07, 6.45) is 4.55. The van der Waals surface area contributed by atoms with Gasteiger partial charge in [-0.25, -0.2) is 0 Å². The number of nitrogens with zero attached hydrogens (tertiary/aromatic N) is 4. The van der Waals surface area contributed by atoms with E-state index in [0.717, 1.165) is 19.3 Å². The molecule has 27 heavy (non-hydrogen) atoms. The van der Waals surface area contributed by atoms with Crippen molar-refractivity contribution < 1.29 is 9.53 Å². The Kier molecular flexibility index (Phi) is 4.58. The van der Waals surface area contributed by atoms with E-state index < -0.39 is 0 Å². The van der Waals surface area contributed by atoms with Gasteiger partial charge in [-0.3, -0.25) is 4.79 Å². The Morgan fingerprint density at radius 2 is 2.15 bits per heavy atom. The molecule has 1 heterocycles. The second kappa shape index (κ2) is 7.19. The number of aryl methyl sites for hydroxylation is 2. The molecule has 7 nitrogen and oxygen atoms in total. The number of carbonyl (C=O) groups is 1. The van der Waals surface area contributed by atoms with Gasteiger partial charge in [0.1, 0.15) is 17.8 Å². The summed E-state index contributed by atoms with van der Waals surface area (Å²) >= 11 is 0. The van der Waals surface area contributed by atoms with Crippen molar-refractivity contribution >= 4 is 5.91 Å². The molecular formula is C20H21N5O2. The van der Waals surface area contributed by atoms with Gasteiger partial charge in [-0.05, 0) is 65.9 Å². The van der Waals surface area contributed by atoms with Crippen LogP contribution in [0.15, 0.2) is 42.7 Å². The minimum Gasteiger partial charge on any atom is -0.494 e. The fourth-order valence-electron chi connectivity index (χ4n) is 3.59. The molecule has 2 aromatic carbocycles. The van der Waals surface area contributed by atoms with Crippen molar-refractivity contribution in [1.29, 1.82) is 0 Å². The van der Waals surface area contributed by atoms with E-state index in [1.54, 1.807) is 25.3 Å². The zero-order chi connectivity index (χ0) is 18.8. The number of benzene rings is 2. The zero-order valence-electron chi connectivity index (χ0n) is 15.3. The lowest BCUT2D eigenvalue weighted by Gasteiger charge is -2.27. The maximum Gasteiger partial charge on any atom is 0.251 e. The van der Waals surface area contributed by atoms with Crippen LogP contribution in [0.25, 0.3) is 5.69 Å². The van der Waals surface area contributed by atoms with Crippen LogP contribution in [0.4, 0.5) is 0 Å². The lowest BCUT2D eigenvalue weighted by atomic mass is 9.86. The van der Waals surface area contributed by atoms with Crippen molar-refractivity contribution in [2.75, 3.05) is 7.11 Å². The maximum atomic E-state index is 12.9. The van der Waals surface area contributed by atoms with Crippen LogP contribution >= 0.6 is 0 Å². The minimum atomic E-state index is -0.119. The van der Waals surface area contributed by atoms with Crippen molar-refractivity contribution in [3.63, 3.8) is 0 Å². The van der Waals surface area contributed by atoms with Gasteiger partial charge < -0.3 is 10.1 Å². The highest BCUT2D eigenvalue weighted by atomic mass is 16.5. The van der Waals surface area contributed by atoms with Crippen LogP contribution in [0.3, 0.4) is 0 Å². The molecule has 0 saturated heterocycles. The van der Waals surface area contributed by atoms with Gasteiger partial charge in [-0.2, -0.15) is 4.68 Å². The molecule has 7 heteroatoms. The number of nitrogens with one attached hydrogen (secondary N) is 1. The number of rotatable bonds is 4. The van der Waals surface area contributed by atoms with Gasteiger partial charge in [-0.15, -0.1) is 5.10 Å². The lowest BCUT2D eigenvalue weighted by molar-refractivity contribution is 0.0932. The summed E-state index contributed by atoms with van der Waals surface area (Å²) in [4.78, 5) is 12.9. The zero-order valence-corrected chi connectivity index (χ0v) is 15.3. The molecule has 0 saturated carbocycles. The summed E-state index contributed by atoms with van der Waals surface area (Å²) in [7, 11) is 1.57. The third-order valence-corrected chi connectivity index (χ3v) is 4.96. The van der Waals surface area contributed by atoms with Gasteiger partial charge in [0, 0.05) is 5.56 Å². The Morgan fingerprint density at radius 3 is 2.93 bits per heavy atom. The van der Waals surface area contributed by atoms with E-state index >= 15 is 0 Å². The predicted octanol–water partition coefficient (Wildman–Crippen LogP) is 2.79. The first-order valence-corrected chi connectivity index (χ1v) is 8.97. The molecule has 0 bridgehead atoms. The number of fused-ring (bicyclic) bond motifs is 1. The molecule has 0 radical (unpaired) electrons. The molecule has 1 atom stereocenters. The molecule has 0 fully saturated rings. The number of aromatic nitrogens is 4. The van der Waals surface area contributed by atoms with E-state index in [1.807, 2.05) is 0 Å². The fraction of sp³-hybridized carbons (Fsp3) is 0.300. The Morgan fingerprint density at radius 1 is 1.26 bits per heavy atom. The average Bonchev–Trinajstić information content (AvgIpc) is 3.22. The summed E-state index contributed by atoms with van der Waals surface area (Å²) in [5.74, 6) is 0.476. The molecule has 3 aromatic rings. The van der Waals surface area contributed by atoms with E-state index in [0.29, 0.717) is 17.0 Å². The highest BCUT2D eigenvalue weighted by Gasteiger charge is 2.23. The van der Waals surface area contributed by atoms with Gasteiger partial charge in [0.2, 0.25) is 0 Å². The maximum absolute atomic E-state index is 12.9. The first-order chi connectivity index (χ1) is 13.2. The van der Waals surface area contributed by atoms with Crippen LogP contribution in [0.5, 0.6) is 5.75 Å². The summed E-state index contributed by atoms with van der Waals surface area (Å²) in [5, 5.41) is 14.4. The van der Waals surface area contributed by atoms with Gasteiger partial charge >= 0.3 is 0 Å². The normalized spacial score (nSPS) is 15.9. The molecule has 1 aromatic heterocycles. The summed E-state index contributed by atoms with van der Waals surface area (Å²) in [6, 6.07) is 11.8. The van der Waals surface area contributed by atoms with E-state index in [9.17, 15) is 4.79 Å². The van der Waals surface area contributed by atoms with E-state index in [1.165, 1.54) is 27.7 Å². The predicted molar refractivity (Wildman–Crippen MR) is 100 cm³/mol. The second-order valence-electron chi connectivity index (χ2n) is 6.76. The molecule has 0 aliphatic heterocycles. The minimum absolute atomic E-state index is 0.0275. The van der Waals surface area contributed by atoms with Crippen molar-refractivity contribution in [2.45, 2.75) is 32.2 Å². The van der Waals surface area contributed by atoms with Crippen molar-refractivity contribution in [2.24, 2.45) is 0 Å². The Hall–Kier alpha value is -3.22. The summed E-state index contributed by atoms with van der Waals surface area (Å²) in [6.45, 7) is 2.08. The largest absolute Gasteiger partial charge is 0.494 e. The summed E-state index contributed by atoms with van der Waals surface area (Å²) < 4.78 is 6.85. The van der Waals surface area contributed by atoms with Gasteiger partial charge in [0.05, 0.1) is 13.2 Å². The molecule has 1 aliphatic carbocycles. The van der Waals surface area contributed by atoms with Crippen LogP contribution in [0.1, 0.15) is 45.9 Å². The van der Waals surface area contributed by atoms with E-state index in [2.05, 4.69) is 46.0 Å². The molecule has 1 aliphatic rings. The molecule has 0 spiro atoms. The molecule has 1 unspecified atom stereocenters. The third-order valence-electron chi connectivity index (χ3n) is 4.96. The van der Waals surface area contributed by atoms with E-state index in [-0.39, 0.29) is 11.9 Å². The average molecular weight is 363 g/mol. The summed E-state index contributed by atoms with van der Waals surface area (Å²) in [5.41, 5.74) is 4.92. The smallest absolute Gasteiger partial charge is 0.251 e. The van der Waals surface area contributed by atoms with Crippen LogP contribution in [0, 0.1) is 6.92 Å². The Labute approximate surface area is 157 Å². The first-order valence-electron chi connectivity index (χ1n) is 8.97. The molecule has 1 N–H and O–H groups in total. The highest BCUT2D eigenvalue weighted by Crippen LogP contribution is 2.31. The SMILES string of the molecule is COc1ccc(C(=O)NC2CCCc3ccc(C)cc32)cc1-n1cnnn1. The van der Waals surface area contributed by atoms with Crippen LogP contribution in [-0.2, 0) is 6.42 Å². The molecule has 1 amide bonds. The number of hydrogen-bond donors (Lipinski definition) is 1. The van der Waals surface area contributed by atoms with Crippen molar-refractivity contribution in [1.82, 2.24) is 25.5 Å². The topological polar surface area (TPSA) is 81.9 Å². The number of methoxy groups -OCH3 is 1. The van der Waals surface area contributed by atoms with Gasteiger partial charge in [0.15, 0.2) is 0 Å². The Balaban J connectivity index is 1.61. The number of tetrazole rings is 1. The standard InChI is InChI=1S/C20H21N5O2/c1-13-6-7-14-4-3-5-17(16(14)10-13)22-20(26)15-8-9-19(27-2)18(11-15)25-12-21-23-24-25/h6-12,17H,3-5H2,1-2H3,(H,22,26). The van der Waals surface area contributed by atoms with Crippen LogP contribution in [0.2, 0.25) is 0 Å². The monoisotopic (exact) mass is 363 g/mol. The number of ether oxygens (including phenoxy) is 1. The van der Waals surface area contributed by atoms with Crippen molar-refractivity contribution in [3.8, 4) is 11.4 Å². The van der Waals surface area contributed by atoms with Crippen LogP contribution < -0.4 is 10.1 Å². The van der Waals surface area contributed by atoms with E-state index in [4.69, 9.17) is 4.74 Å². The van der Waals surface area contributed by atoms with Gasteiger partial charge in [-0.1, -0.05) is 23.8 Å². The fourth-order valence-corrected chi connectivity index (χ4v) is 3.59. The first kappa shape index (κ1) is 17.2. The van der Waals surface area contributed by atoms with Gasteiger partial charge in [0.25, 0.3) is 5.91 Å². The second-order valence-corrected chi connectivity index (χ2v) is 6.76. The third kappa shape index (κ3) is 3.40.